The van der Waals surface area contributed by atoms with Gasteiger partial charge in [0.2, 0.25) is 19.8 Å². The topological polar surface area (TPSA) is 86.8 Å². The summed E-state index contributed by atoms with van der Waals surface area (Å²) >= 11 is 5.80. The summed E-state index contributed by atoms with van der Waals surface area (Å²) in [6.07, 6.45) is 0.187. The molecule has 1 N–H and O–H groups in total. The molecule has 186 valence electrons. The molecule has 2 heterocycles. The van der Waals surface area contributed by atoms with E-state index >= 15 is 8.78 Å². The number of carbonyl (C=O) groups excluding carboxylic acids is 4. The van der Waals surface area contributed by atoms with Crippen molar-refractivity contribution < 1.29 is 28.0 Å². The number of amides is 4. The third kappa shape index (κ3) is 4.60. The first-order valence-electron chi connectivity index (χ1n) is 11.8. The molecule has 2 aliphatic heterocycles. The molecule has 0 radical (unpaired) electrons. The zero-order valence-corrected chi connectivity index (χ0v) is 22.0. The fourth-order valence-electron chi connectivity index (χ4n) is 4.70. The van der Waals surface area contributed by atoms with Crippen molar-refractivity contribution in [3.8, 4) is 0 Å². The highest BCUT2D eigenvalue weighted by atomic mass is 35.5. The number of halogens is 3. The smallest absolute Gasteiger partial charge is 0.348 e. The number of carbonyl (C=O) groups is 4. The third-order valence-corrected chi connectivity index (χ3v) is 7.75. The van der Waals surface area contributed by atoms with Gasteiger partial charge in [-0.1, -0.05) is 35.9 Å². The highest BCUT2D eigenvalue weighted by Gasteiger charge is 2.48. The van der Waals surface area contributed by atoms with Gasteiger partial charge in [0.15, 0.2) is 0 Å². The van der Waals surface area contributed by atoms with E-state index in [1.807, 2.05) is 0 Å². The number of piperidine rings is 1. The lowest BCUT2D eigenvalue weighted by atomic mass is 9.50. The Kier molecular flexibility index (Phi) is 6.63. The van der Waals surface area contributed by atoms with Gasteiger partial charge in [0, 0.05) is 22.7 Å². The zero-order valence-electron chi connectivity index (χ0n) is 21.2. The molecule has 4 amide bonds. The number of benzene rings is 2. The van der Waals surface area contributed by atoms with E-state index in [0.717, 1.165) is 16.9 Å². The van der Waals surface area contributed by atoms with E-state index in [1.54, 1.807) is 49.6 Å². The van der Waals surface area contributed by atoms with Crippen LogP contribution in [0.2, 0.25) is 10.2 Å². The van der Waals surface area contributed by atoms with E-state index in [-0.39, 0.29) is 29.8 Å². The normalized spacial score (nSPS) is 19.4. The molecule has 7 nitrogen and oxygen atoms in total. The van der Waals surface area contributed by atoms with Crippen LogP contribution in [0.15, 0.2) is 42.5 Å². The molecule has 15 heteroatoms. The van der Waals surface area contributed by atoms with Gasteiger partial charge >= 0.3 is 5.92 Å². The van der Waals surface area contributed by atoms with Crippen LogP contribution in [0.3, 0.4) is 0 Å². The lowest BCUT2D eigenvalue weighted by Crippen LogP contribution is -2.58. The summed E-state index contributed by atoms with van der Waals surface area (Å²) in [5, 5.41) is 0.646. The fraction of sp³-hybridized carbons (Fsp3) is 0.273. The maximum Gasteiger partial charge on any atom is 0.348 e. The second kappa shape index (κ2) is 9.08. The minimum Gasteiger partial charge on any atom is -0.393 e. The van der Waals surface area contributed by atoms with Crippen LogP contribution < -0.4 is 5.32 Å². The van der Waals surface area contributed by atoms with Crippen molar-refractivity contribution in [2.75, 3.05) is 0 Å². The molecule has 4 rings (SSSR count). The summed E-state index contributed by atoms with van der Waals surface area (Å²) in [5.41, 5.74) is 1.09. The summed E-state index contributed by atoms with van der Waals surface area (Å²) in [6.45, 7) is 0.124. The summed E-state index contributed by atoms with van der Waals surface area (Å²) in [6, 6.07) is 8.94. The van der Waals surface area contributed by atoms with Gasteiger partial charge in [0.05, 0.1) is 0 Å². The first kappa shape index (κ1) is 27.0. The van der Waals surface area contributed by atoms with Crippen molar-refractivity contribution in [2.24, 2.45) is 0 Å². The van der Waals surface area contributed by atoms with E-state index in [0.29, 0.717) is 16.7 Å². The lowest BCUT2D eigenvalue weighted by Gasteiger charge is -2.39. The number of fused-ring (bicyclic) bond motifs is 1. The van der Waals surface area contributed by atoms with Gasteiger partial charge in [-0.2, -0.15) is 8.78 Å². The molecular formula is C22H23B5ClF2N3O4. The second-order valence-corrected chi connectivity index (χ2v) is 11.2. The Morgan fingerprint density at radius 2 is 1.68 bits per heavy atom. The van der Waals surface area contributed by atoms with Gasteiger partial charge in [-0.25, -0.2) is 0 Å². The van der Waals surface area contributed by atoms with Crippen molar-refractivity contribution in [3.05, 3.63) is 69.7 Å². The summed E-state index contributed by atoms with van der Waals surface area (Å²) in [5.74, 6) is -6.42. The quantitative estimate of drug-likeness (QED) is 0.353. The molecule has 1 fully saturated rings. The molecule has 37 heavy (non-hydrogen) atoms. The first-order valence-corrected chi connectivity index (χ1v) is 12.2. The van der Waals surface area contributed by atoms with Gasteiger partial charge in [0.25, 0.3) is 11.8 Å². The molecule has 1 atom stereocenters. The maximum atomic E-state index is 15.1. The van der Waals surface area contributed by atoms with Crippen LogP contribution >= 0.6 is 11.6 Å². The minimum atomic E-state index is -3.78. The summed E-state index contributed by atoms with van der Waals surface area (Å²) < 4.78 is 30.2. The summed E-state index contributed by atoms with van der Waals surface area (Å²) in [7, 11) is 8.01. The van der Waals surface area contributed by atoms with E-state index < -0.39 is 39.9 Å². The largest absolute Gasteiger partial charge is 0.393 e. The highest BCUT2D eigenvalue weighted by molar-refractivity contribution is 6.52. The Morgan fingerprint density at radius 1 is 1.08 bits per heavy atom. The summed E-state index contributed by atoms with van der Waals surface area (Å²) in [4.78, 5) is 53.2. The van der Waals surface area contributed by atoms with Gasteiger partial charge in [0.1, 0.15) is 37.4 Å². The number of hydrogen-bond donors (Lipinski definition) is 1. The Labute approximate surface area is 222 Å². The molecule has 0 saturated carbocycles. The maximum absolute atomic E-state index is 15.1. The zero-order chi connectivity index (χ0) is 27.5. The lowest BCUT2D eigenvalue weighted by molar-refractivity contribution is -0.155. The predicted molar refractivity (Wildman–Crippen MR) is 147 cm³/mol. The van der Waals surface area contributed by atoms with Gasteiger partial charge in [-0.3, -0.25) is 24.5 Å². The second-order valence-electron chi connectivity index (χ2n) is 10.7. The molecule has 2 aliphatic rings. The fourth-order valence-corrected chi connectivity index (χ4v) is 4.83. The molecule has 1 unspecified atom stereocenters. The molecule has 1 saturated heterocycles. The van der Waals surface area contributed by atoms with Crippen LogP contribution in [0.25, 0.3) is 0 Å². The Morgan fingerprint density at radius 3 is 2.30 bits per heavy atom. The number of nitrogens with one attached hydrogen (secondary N) is 1. The molecule has 2 aromatic carbocycles. The molecule has 2 aromatic rings. The van der Waals surface area contributed by atoms with Crippen molar-refractivity contribution >= 4 is 74.6 Å². The van der Waals surface area contributed by atoms with Crippen molar-refractivity contribution in [3.63, 3.8) is 0 Å². The van der Waals surface area contributed by atoms with Gasteiger partial charge in [-0.05, 0) is 46.3 Å². The van der Waals surface area contributed by atoms with Crippen LogP contribution in [0.5, 0.6) is 0 Å². The SMILES string of the molecule is BN(C(=O)C(F)(F)c1ccc(Cl)cc1)C(B)(B)c1ccc2c(c1)CN(C1CC(B)(B)C(=O)NC1=O)C2=O. The van der Waals surface area contributed by atoms with E-state index in [9.17, 15) is 19.2 Å². The number of alkyl halides is 2. The standard InChI is InChI=1S/C22H23B5ClF2N3O4/c23-20(24)8-15(16(34)31-18(20)36)32-9-10-7-12(3-6-14(10)17(32)35)22(25,26)33(27)19(37)21(29,30)11-1-4-13(28)5-2-11/h1-7,15H,8-9,23-27H2,(H,31,34,36). The monoisotopic (exact) mass is 521 g/mol. The van der Waals surface area contributed by atoms with Crippen LogP contribution in [0.1, 0.15) is 33.5 Å². The number of hydrogen-bond acceptors (Lipinski definition) is 4. The molecule has 0 aromatic heterocycles. The molecule has 0 bridgehead atoms. The third-order valence-electron chi connectivity index (χ3n) is 7.50. The minimum absolute atomic E-state index is 0.124. The van der Waals surface area contributed by atoms with E-state index in [1.165, 1.54) is 25.0 Å². The van der Waals surface area contributed by atoms with Crippen molar-refractivity contribution in [1.82, 2.24) is 15.0 Å². The van der Waals surface area contributed by atoms with Crippen LogP contribution in [-0.2, 0) is 32.2 Å². The molecule has 0 aliphatic carbocycles. The van der Waals surface area contributed by atoms with Crippen LogP contribution in [0, 0.1) is 0 Å². The average molecular weight is 521 g/mol. The van der Waals surface area contributed by atoms with Gasteiger partial charge < -0.3 is 9.71 Å². The predicted octanol–water partition coefficient (Wildman–Crippen LogP) is -2.36. The Balaban J connectivity index is 1.59. The number of nitrogens with zero attached hydrogens (tertiary/aromatic N) is 2. The molecular weight excluding hydrogens is 498 g/mol. The molecule has 0 spiro atoms. The van der Waals surface area contributed by atoms with Gasteiger partial charge in [-0.15, -0.1) is 0 Å². The van der Waals surface area contributed by atoms with E-state index in [2.05, 4.69) is 5.32 Å². The van der Waals surface area contributed by atoms with Crippen molar-refractivity contribution in [2.45, 2.75) is 35.5 Å². The first-order chi connectivity index (χ1) is 17.1. The van der Waals surface area contributed by atoms with Crippen molar-refractivity contribution in [1.29, 1.82) is 0 Å². The Bertz CT molecular complexity index is 1330. The number of imide groups is 1. The average Bonchev–Trinajstić information content (AvgIpc) is 3.16. The van der Waals surface area contributed by atoms with Crippen LogP contribution in [0.4, 0.5) is 8.78 Å². The number of rotatable bonds is 5. The Hall–Kier alpha value is -3.01. The highest BCUT2D eigenvalue weighted by Crippen LogP contribution is 2.37. The van der Waals surface area contributed by atoms with E-state index in [4.69, 9.17) is 11.6 Å². The van der Waals surface area contributed by atoms with Crippen LogP contribution in [-0.4, -0.2) is 78.7 Å².